The van der Waals surface area contributed by atoms with Gasteiger partial charge in [0.2, 0.25) is 0 Å². The lowest BCUT2D eigenvalue weighted by molar-refractivity contribution is 0.122. The second-order valence-corrected chi connectivity index (χ2v) is 7.40. The Kier molecular flexibility index (Phi) is 4.65. The number of halogens is 1. The molecule has 5 rings (SSSR count). The van der Waals surface area contributed by atoms with E-state index in [2.05, 4.69) is 49.2 Å². The van der Waals surface area contributed by atoms with Crippen LogP contribution in [-0.4, -0.2) is 51.2 Å². The molecule has 8 nitrogen and oxygen atoms in total. The summed E-state index contributed by atoms with van der Waals surface area (Å²) in [5, 5.41) is 6.17. The van der Waals surface area contributed by atoms with Gasteiger partial charge in [0, 0.05) is 18.5 Å². The third kappa shape index (κ3) is 3.34. The van der Waals surface area contributed by atoms with E-state index >= 15 is 0 Å². The summed E-state index contributed by atoms with van der Waals surface area (Å²) in [6.45, 7) is 5.01. The Balaban J connectivity index is 1.56. The summed E-state index contributed by atoms with van der Waals surface area (Å²) in [7, 11) is 0. The monoisotopic (exact) mass is 409 g/mol. The SMILES string of the molecule is C[C@H](Nc1ncnc2[nH]cnc12)c1cc2cccc(Cl)c2c(N2CCOCC2)n1. The van der Waals surface area contributed by atoms with E-state index in [0.29, 0.717) is 35.2 Å². The van der Waals surface area contributed by atoms with Crippen molar-refractivity contribution < 1.29 is 4.74 Å². The van der Waals surface area contributed by atoms with Gasteiger partial charge in [0.15, 0.2) is 11.5 Å². The lowest BCUT2D eigenvalue weighted by Crippen LogP contribution is -2.37. The molecule has 0 saturated carbocycles. The van der Waals surface area contributed by atoms with Crippen LogP contribution in [0.1, 0.15) is 18.7 Å². The summed E-state index contributed by atoms with van der Waals surface area (Å²) >= 11 is 6.55. The van der Waals surface area contributed by atoms with Crippen molar-refractivity contribution in [2.24, 2.45) is 0 Å². The number of H-pyrrole nitrogens is 1. The molecule has 0 aliphatic carbocycles. The molecular weight excluding hydrogens is 390 g/mol. The number of aromatic amines is 1. The number of fused-ring (bicyclic) bond motifs is 2. The molecule has 0 spiro atoms. The van der Waals surface area contributed by atoms with Crippen LogP contribution in [0.25, 0.3) is 21.9 Å². The van der Waals surface area contributed by atoms with E-state index in [1.54, 1.807) is 6.33 Å². The second-order valence-electron chi connectivity index (χ2n) is 7.00. The molecule has 0 unspecified atom stereocenters. The van der Waals surface area contributed by atoms with Gasteiger partial charge in [0.1, 0.15) is 17.7 Å². The van der Waals surface area contributed by atoms with Crippen LogP contribution < -0.4 is 10.2 Å². The second kappa shape index (κ2) is 7.46. The maximum atomic E-state index is 6.55. The maximum Gasteiger partial charge on any atom is 0.162 e. The topological polar surface area (TPSA) is 91.9 Å². The van der Waals surface area contributed by atoms with Gasteiger partial charge in [-0.2, -0.15) is 0 Å². The van der Waals surface area contributed by atoms with E-state index in [-0.39, 0.29) is 6.04 Å². The highest BCUT2D eigenvalue weighted by Crippen LogP contribution is 2.34. The molecule has 4 aromatic rings. The summed E-state index contributed by atoms with van der Waals surface area (Å²) < 4.78 is 5.51. The number of hydrogen-bond acceptors (Lipinski definition) is 7. The molecule has 2 N–H and O–H groups in total. The fourth-order valence-electron chi connectivity index (χ4n) is 3.64. The van der Waals surface area contributed by atoms with Crippen molar-refractivity contribution in [3.05, 3.63) is 47.6 Å². The standard InChI is InChI=1S/C20H20ClN7O/c1-12(26-19-17-18(23-10-22-17)24-11-25-19)15-9-13-3-2-4-14(21)16(13)20(27-15)28-5-7-29-8-6-28/h2-4,9-12H,5-8H2,1H3,(H2,22,23,24,25,26)/t12-/m0/s1. The van der Waals surface area contributed by atoms with Gasteiger partial charge >= 0.3 is 0 Å². The Morgan fingerprint density at radius 2 is 2.07 bits per heavy atom. The summed E-state index contributed by atoms with van der Waals surface area (Å²) in [6, 6.07) is 7.93. The van der Waals surface area contributed by atoms with Crippen molar-refractivity contribution >= 4 is 45.2 Å². The molecule has 0 radical (unpaired) electrons. The Morgan fingerprint density at radius 3 is 2.93 bits per heavy atom. The van der Waals surface area contributed by atoms with E-state index in [4.69, 9.17) is 21.3 Å². The number of hydrogen-bond donors (Lipinski definition) is 2. The van der Waals surface area contributed by atoms with Gasteiger partial charge in [-0.1, -0.05) is 23.7 Å². The van der Waals surface area contributed by atoms with Crippen molar-refractivity contribution in [2.75, 3.05) is 36.5 Å². The minimum absolute atomic E-state index is 0.0898. The molecule has 9 heteroatoms. The first-order valence-corrected chi connectivity index (χ1v) is 9.91. The highest BCUT2D eigenvalue weighted by atomic mass is 35.5. The summed E-state index contributed by atoms with van der Waals surface area (Å²) in [6.07, 6.45) is 3.13. The number of ether oxygens (including phenoxy) is 1. The Hall–Kier alpha value is -2.97. The van der Waals surface area contributed by atoms with E-state index in [1.807, 2.05) is 12.1 Å². The number of rotatable bonds is 4. The van der Waals surface area contributed by atoms with Gasteiger partial charge in [-0.05, 0) is 24.4 Å². The molecule has 148 valence electrons. The van der Waals surface area contributed by atoms with Gasteiger partial charge in [-0.15, -0.1) is 0 Å². The zero-order valence-electron chi connectivity index (χ0n) is 15.9. The van der Waals surface area contributed by atoms with E-state index < -0.39 is 0 Å². The van der Waals surface area contributed by atoms with Crippen LogP contribution in [0.2, 0.25) is 5.02 Å². The third-order valence-electron chi connectivity index (χ3n) is 5.13. The molecule has 4 heterocycles. The predicted octanol–water partition coefficient (Wildman–Crippen LogP) is 3.56. The van der Waals surface area contributed by atoms with Crippen molar-refractivity contribution in [3.8, 4) is 0 Å². The highest BCUT2D eigenvalue weighted by Gasteiger charge is 2.20. The molecule has 1 aliphatic rings. The number of pyridine rings is 1. The van der Waals surface area contributed by atoms with Crippen LogP contribution in [-0.2, 0) is 4.74 Å². The summed E-state index contributed by atoms with van der Waals surface area (Å²) in [5.74, 6) is 1.57. The molecule has 1 atom stereocenters. The maximum absolute atomic E-state index is 6.55. The minimum atomic E-state index is -0.0898. The predicted molar refractivity (Wildman–Crippen MR) is 114 cm³/mol. The molecular formula is C20H20ClN7O. The Labute approximate surface area is 172 Å². The van der Waals surface area contributed by atoms with Crippen molar-refractivity contribution in [3.63, 3.8) is 0 Å². The molecule has 1 saturated heterocycles. The van der Waals surface area contributed by atoms with Gasteiger partial charge < -0.3 is 19.9 Å². The number of aromatic nitrogens is 5. The van der Waals surface area contributed by atoms with E-state index in [9.17, 15) is 0 Å². The zero-order chi connectivity index (χ0) is 19.8. The van der Waals surface area contributed by atoms with Gasteiger partial charge in [0.25, 0.3) is 0 Å². The van der Waals surface area contributed by atoms with Crippen LogP contribution in [0.4, 0.5) is 11.6 Å². The van der Waals surface area contributed by atoms with E-state index in [1.165, 1.54) is 6.33 Å². The number of anilines is 2. The highest BCUT2D eigenvalue weighted by molar-refractivity contribution is 6.36. The molecule has 0 amide bonds. The molecule has 3 aromatic heterocycles. The number of imidazole rings is 1. The number of nitrogens with zero attached hydrogens (tertiary/aromatic N) is 5. The smallest absolute Gasteiger partial charge is 0.162 e. The number of nitrogens with one attached hydrogen (secondary N) is 2. The Morgan fingerprint density at radius 1 is 1.21 bits per heavy atom. The van der Waals surface area contributed by atoms with Crippen molar-refractivity contribution in [2.45, 2.75) is 13.0 Å². The largest absolute Gasteiger partial charge is 0.378 e. The summed E-state index contributed by atoms with van der Waals surface area (Å²) in [5.41, 5.74) is 2.31. The molecule has 0 bridgehead atoms. The fourth-order valence-corrected chi connectivity index (χ4v) is 3.91. The first-order chi connectivity index (χ1) is 14.2. The van der Waals surface area contributed by atoms with E-state index in [0.717, 1.165) is 35.4 Å². The van der Waals surface area contributed by atoms with Crippen molar-refractivity contribution in [1.29, 1.82) is 0 Å². The fraction of sp³-hybridized carbons (Fsp3) is 0.300. The van der Waals surface area contributed by atoms with Gasteiger partial charge in [-0.3, -0.25) is 0 Å². The molecule has 1 aliphatic heterocycles. The first kappa shape index (κ1) is 18.1. The van der Waals surface area contributed by atoms with Crippen LogP contribution in [0, 0.1) is 0 Å². The average Bonchev–Trinajstić information content (AvgIpc) is 3.24. The number of morpholine rings is 1. The Bertz CT molecular complexity index is 1170. The van der Waals surface area contributed by atoms with Crippen LogP contribution in [0.3, 0.4) is 0 Å². The molecule has 1 aromatic carbocycles. The average molecular weight is 410 g/mol. The number of benzene rings is 1. The molecule has 29 heavy (non-hydrogen) atoms. The minimum Gasteiger partial charge on any atom is -0.378 e. The van der Waals surface area contributed by atoms with Gasteiger partial charge in [0.05, 0.1) is 36.3 Å². The zero-order valence-corrected chi connectivity index (χ0v) is 16.6. The van der Waals surface area contributed by atoms with Crippen LogP contribution in [0.15, 0.2) is 36.9 Å². The van der Waals surface area contributed by atoms with Crippen LogP contribution in [0.5, 0.6) is 0 Å². The lowest BCUT2D eigenvalue weighted by atomic mass is 10.1. The normalized spacial score (nSPS) is 15.7. The van der Waals surface area contributed by atoms with Crippen molar-refractivity contribution in [1.82, 2.24) is 24.9 Å². The molecule has 1 fully saturated rings. The quantitative estimate of drug-likeness (QED) is 0.532. The lowest BCUT2D eigenvalue weighted by Gasteiger charge is -2.30. The van der Waals surface area contributed by atoms with Crippen LogP contribution >= 0.6 is 11.6 Å². The first-order valence-electron chi connectivity index (χ1n) is 9.53. The van der Waals surface area contributed by atoms with Gasteiger partial charge in [-0.25, -0.2) is 19.9 Å². The summed E-state index contributed by atoms with van der Waals surface area (Å²) in [4.78, 5) is 23.1. The third-order valence-corrected chi connectivity index (χ3v) is 5.45.